The van der Waals surface area contributed by atoms with E-state index in [4.69, 9.17) is 5.73 Å². The van der Waals surface area contributed by atoms with Crippen LogP contribution in [0.4, 0.5) is 5.82 Å². The van der Waals surface area contributed by atoms with Gasteiger partial charge in [-0.25, -0.2) is 4.98 Å². The van der Waals surface area contributed by atoms with Gasteiger partial charge in [-0.3, -0.25) is 4.79 Å². The van der Waals surface area contributed by atoms with Gasteiger partial charge in [-0.1, -0.05) is 30.0 Å². The van der Waals surface area contributed by atoms with E-state index < -0.39 is 0 Å². The minimum atomic E-state index is -0.242. The van der Waals surface area contributed by atoms with E-state index in [0.717, 1.165) is 10.5 Å². The van der Waals surface area contributed by atoms with Crippen LogP contribution in [0.5, 0.6) is 0 Å². The fourth-order valence-corrected chi connectivity index (χ4v) is 2.71. The zero-order chi connectivity index (χ0) is 13.8. The van der Waals surface area contributed by atoms with Crippen LogP contribution >= 0.6 is 11.8 Å². The Labute approximate surface area is 115 Å². The number of aromatic nitrogens is 2. The summed E-state index contributed by atoms with van der Waals surface area (Å²) in [6.07, 6.45) is 0. The minimum Gasteiger partial charge on any atom is -0.383 e. The highest BCUT2D eigenvalue weighted by molar-refractivity contribution is 7.99. The number of hydrogen-bond donors (Lipinski definition) is 3. The molecule has 0 aliphatic heterocycles. The molecule has 1 unspecified atom stereocenters. The maximum atomic E-state index is 11.4. The second kappa shape index (κ2) is 5.90. The SMILES string of the molecule is CNC(C)c1ccccc1Sc1nc(N)cc(=O)[nH]1. The lowest BCUT2D eigenvalue weighted by molar-refractivity contribution is 0.641. The number of nitrogen functional groups attached to an aromatic ring is 1. The Morgan fingerprint density at radius 2 is 2.16 bits per heavy atom. The van der Waals surface area contributed by atoms with Gasteiger partial charge in [-0.2, -0.15) is 0 Å². The largest absolute Gasteiger partial charge is 0.383 e. The minimum absolute atomic E-state index is 0.219. The van der Waals surface area contributed by atoms with Crippen molar-refractivity contribution >= 4 is 17.6 Å². The molecule has 0 saturated carbocycles. The molecule has 4 N–H and O–H groups in total. The van der Waals surface area contributed by atoms with Crippen LogP contribution < -0.4 is 16.6 Å². The summed E-state index contributed by atoms with van der Waals surface area (Å²) in [4.78, 5) is 19.2. The molecule has 1 aromatic carbocycles. The number of benzene rings is 1. The molecule has 19 heavy (non-hydrogen) atoms. The highest BCUT2D eigenvalue weighted by Gasteiger charge is 2.10. The molecule has 0 radical (unpaired) electrons. The molecule has 0 aliphatic rings. The molecular formula is C13H16N4OS. The van der Waals surface area contributed by atoms with Gasteiger partial charge in [0.25, 0.3) is 5.56 Å². The van der Waals surface area contributed by atoms with Crippen molar-refractivity contribution in [2.75, 3.05) is 12.8 Å². The number of nitrogens with zero attached hydrogens (tertiary/aromatic N) is 1. The average Bonchev–Trinajstić information content (AvgIpc) is 2.37. The van der Waals surface area contributed by atoms with Crippen LogP contribution in [0.25, 0.3) is 0 Å². The van der Waals surface area contributed by atoms with E-state index in [9.17, 15) is 4.79 Å². The number of rotatable bonds is 4. The van der Waals surface area contributed by atoms with Crippen molar-refractivity contribution in [1.82, 2.24) is 15.3 Å². The van der Waals surface area contributed by atoms with Crippen LogP contribution in [0.1, 0.15) is 18.5 Å². The van der Waals surface area contributed by atoms with Crippen molar-refractivity contribution in [3.63, 3.8) is 0 Å². The molecule has 100 valence electrons. The van der Waals surface area contributed by atoms with Crippen LogP contribution in [0.3, 0.4) is 0 Å². The van der Waals surface area contributed by atoms with E-state index in [1.807, 2.05) is 31.3 Å². The van der Waals surface area contributed by atoms with Crippen LogP contribution in [0.2, 0.25) is 0 Å². The van der Waals surface area contributed by atoms with E-state index in [0.29, 0.717) is 5.16 Å². The second-order valence-electron chi connectivity index (χ2n) is 4.13. The van der Waals surface area contributed by atoms with Crippen LogP contribution in [-0.4, -0.2) is 17.0 Å². The van der Waals surface area contributed by atoms with Crippen molar-refractivity contribution < 1.29 is 0 Å². The van der Waals surface area contributed by atoms with Gasteiger partial charge in [0.15, 0.2) is 5.16 Å². The topological polar surface area (TPSA) is 83.8 Å². The monoisotopic (exact) mass is 276 g/mol. The number of aromatic amines is 1. The number of H-pyrrole nitrogens is 1. The third-order valence-electron chi connectivity index (χ3n) is 2.76. The molecule has 6 heteroatoms. The summed E-state index contributed by atoms with van der Waals surface area (Å²) < 4.78 is 0. The summed E-state index contributed by atoms with van der Waals surface area (Å²) in [5.74, 6) is 0.227. The van der Waals surface area contributed by atoms with Gasteiger partial charge < -0.3 is 16.0 Å². The molecule has 0 saturated heterocycles. The molecule has 1 aromatic heterocycles. The van der Waals surface area contributed by atoms with Gasteiger partial charge in [-0.15, -0.1) is 0 Å². The Hall–Kier alpha value is -1.79. The smallest absolute Gasteiger partial charge is 0.253 e. The molecule has 5 nitrogen and oxygen atoms in total. The Kier molecular flexibility index (Phi) is 4.24. The summed E-state index contributed by atoms with van der Waals surface area (Å²) in [6.45, 7) is 2.08. The maximum absolute atomic E-state index is 11.4. The predicted octanol–water partition coefficient (Wildman–Crippen LogP) is 1.78. The van der Waals surface area contributed by atoms with Crippen LogP contribution in [0.15, 0.2) is 45.2 Å². The van der Waals surface area contributed by atoms with E-state index in [2.05, 4.69) is 22.2 Å². The van der Waals surface area contributed by atoms with E-state index in [1.54, 1.807) is 0 Å². The summed E-state index contributed by atoms with van der Waals surface area (Å²) in [6, 6.07) is 9.48. The summed E-state index contributed by atoms with van der Waals surface area (Å²) in [7, 11) is 1.91. The van der Waals surface area contributed by atoms with Gasteiger partial charge >= 0.3 is 0 Å². The quantitative estimate of drug-likeness (QED) is 0.741. The molecule has 0 bridgehead atoms. The molecule has 0 amide bonds. The lowest BCUT2D eigenvalue weighted by Gasteiger charge is -2.14. The van der Waals surface area contributed by atoms with Crippen molar-refractivity contribution in [2.24, 2.45) is 0 Å². The fourth-order valence-electron chi connectivity index (χ4n) is 1.69. The Morgan fingerprint density at radius 3 is 2.84 bits per heavy atom. The third-order valence-corrected chi connectivity index (χ3v) is 3.74. The molecule has 2 aromatic rings. The normalized spacial score (nSPS) is 12.3. The number of nitrogens with one attached hydrogen (secondary N) is 2. The molecule has 1 heterocycles. The third kappa shape index (κ3) is 3.36. The molecule has 0 spiro atoms. The number of nitrogens with two attached hydrogens (primary N) is 1. The number of hydrogen-bond acceptors (Lipinski definition) is 5. The highest BCUT2D eigenvalue weighted by Crippen LogP contribution is 2.30. The van der Waals surface area contributed by atoms with Crippen molar-refractivity contribution in [1.29, 1.82) is 0 Å². The number of anilines is 1. The fraction of sp³-hybridized carbons (Fsp3) is 0.231. The Morgan fingerprint density at radius 1 is 1.42 bits per heavy atom. The molecule has 1 atom stereocenters. The first kappa shape index (κ1) is 13.6. The molecule has 0 aliphatic carbocycles. The van der Waals surface area contributed by atoms with Gasteiger partial charge in [0, 0.05) is 17.0 Å². The Balaban J connectivity index is 2.35. The average molecular weight is 276 g/mol. The van der Waals surface area contributed by atoms with Crippen molar-refractivity contribution in [3.05, 3.63) is 46.2 Å². The maximum Gasteiger partial charge on any atom is 0.253 e. The van der Waals surface area contributed by atoms with E-state index >= 15 is 0 Å². The molecule has 2 rings (SSSR count). The first-order valence-corrected chi connectivity index (χ1v) is 6.72. The van der Waals surface area contributed by atoms with E-state index in [1.165, 1.54) is 17.8 Å². The van der Waals surface area contributed by atoms with Crippen molar-refractivity contribution in [2.45, 2.75) is 23.0 Å². The summed E-state index contributed by atoms with van der Waals surface area (Å²) >= 11 is 1.40. The molecular weight excluding hydrogens is 260 g/mol. The summed E-state index contributed by atoms with van der Waals surface area (Å²) in [5.41, 5.74) is 6.49. The van der Waals surface area contributed by atoms with Crippen molar-refractivity contribution in [3.8, 4) is 0 Å². The van der Waals surface area contributed by atoms with Gasteiger partial charge in [0.1, 0.15) is 5.82 Å². The lowest BCUT2D eigenvalue weighted by Crippen LogP contribution is -2.13. The zero-order valence-corrected chi connectivity index (χ0v) is 11.6. The van der Waals surface area contributed by atoms with Gasteiger partial charge in [0.2, 0.25) is 0 Å². The zero-order valence-electron chi connectivity index (χ0n) is 10.8. The Bertz CT molecular complexity index is 626. The molecule has 0 fully saturated rings. The van der Waals surface area contributed by atoms with Crippen LogP contribution in [0, 0.1) is 0 Å². The first-order chi connectivity index (χ1) is 9.10. The van der Waals surface area contributed by atoms with Gasteiger partial charge in [0.05, 0.1) is 0 Å². The van der Waals surface area contributed by atoms with Gasteiger partial charge in [-0.05, 0) is 25.6 Å². The standard InChI is InChI=1S/C13H16N4OS/c1-8(15-2)9-5-3-4-6-10(9)19-13-16-11(14)7-12(18)17-13/h3-8,15H,1-2H3,(H3,14,16,17,18). The highest BCUT2D eigenvalue weighted by atomic mass is 32.2. The predicted molar refractivity (Wildman–Crippen MR) is 77.3 cm³/mol. The van der Waals surface area contributed by atoms with Crippen LogP contribution in [-0.2, 0) is 0 Å². The lowest BCUT2D eigenvalue weighted by atomic mass is 10.1. The first-order valence-electron chi connectivity index (χ1n) is 5.91. The second-order valence-corrected chi connectivity index (χ2v) is 5.16. The summed E-state index contributed by atoms with van der Waals surface area (Å²) in [5, 5.41) is 3.70. The van der Waals surface area contributed by atoms with E-state index in [-0.39, 0.29) is 17.4 Å².